The highest BCUT2D eigenvalue weighted by atomic mass is 16.3. The van der Waals surface area contributed by atoms with Gasteiger partial charge in [-0.25, -0.2) is 0 Å². The molecule has 1 N–H and O–H groups in total. The van der Waals surface area contributed by atoms with Crippen molar-refractivity contribution in [2.24, 2.45) is 0 Å². The Morgan fingerprint density at radius 3 is 2.15 bits per heavy atom. The summed E-state index contributed by atoms with van der Waals surface area (Å²) in [6.07, 6.45) is 5.15. The van der Waals surface area contributed by atoms with Gasteiger partial charge in [0.25, 0.3) is 0 Å². The van der Waals surface area contributed by atoms with E-state index >= 15 is 0 Å². The molecule has 13 heavy (non-hydrogen) atoms. The summed E-state index contributed by atoms with van der Waals surface area (Å²) in [4.78, 5) is 2.22. The quantitative estimate of drug-likeness (QED) is 0.653. The van der Waals surface area contributed by atoms with Gasteiger partial charge in [0.15, 0.2) is 0 Å². The van der Waals surface area contributed by atoms with Crippen LogP contribution < -0.4 is 0 Å². The van der Waals surface area contributed by atoms with Crippen LogP contribution in [-0.2, 0) is 0 Å². The van der Waals surface area contributed by atoms with Gasteiger partial charge in [-0.15, -0.1) is 12.3 Å². The minimum absolute atomic E-state index is 0.226. The fourth-order valence-electron chi connectivity index (χ4n) is 1.61. The standard InChI is InChI=1S/C11H21NO/c1-6-9-10(13)11(4,5)12(7-2)8-3/h1,10,13H,7-9H2,2-5H3. The normalized spacial score (nSPS) is 14.2. The van der Waals surface area contributed by atoms with Crippen LogP contribution in [0.3, 0.4) is 0 Å². The van der Waals surface area contributed by atoms with Gasteiger partial charge in [0.1, 0.15) is 0 Å². The lowest BCUT2D eigenvalue weighted by molar-refractivity contribution is -0.00148. The molecule has 0 saturated heterocycles. The van der Waals surface area contributed by atoms with Crippen molar-refractivity contribution in [2.75, 3.05) is 13.1 Å². The van der Waals surface area contributed by atoms with E-state index in [-0.39, 0.29) is 5.54 Å². The molecule has 0 heterocycles. The van der Waals surface area contributed by atoms with Gasteiger partial charge in [-0.1, -0.05) is 13.8 Å². The van der Waals surface area contributed by atoms with E-state index < -0.39 is 6.10 Å². The molecule has 0 saturated carbocycles. The molecule has 1 unspecified atom stereocenters. The Labute approximate surface area is 81.9 Å². The van der Waals surface area contributed by atoms with E-state index in [9.17, 15) is 5.11 Å². The molecule has 0 aromatic carbocycles. The summed E-state index contributed by atoms with van der Waals surface area (Å²) in [5.74, 6) is 2.50. The average molecular weight is 183 g/mol. The van der Waals surface area contributed by atoms with Crippen molar-refractivity contribution in [2.45, 2.75) is 45.8 Å². The van der Waals surface area contributed by atoms with Crippen LogP contribution in [-0.4, -0.2) is 34.7 Å². The number of terminal acetylenes is 1. The van der Waals surface area contributed by atoms with Crippen LogP contribution in [0.25, 0.3) is 0 Å². The van der Waals surface area contributed by atoms with Crippen molar-refractivity contribution >= 4 is 0 Å². The van der Waals surface area contributed by atoms with Crippen LogP contribution in [0.1, 0.15) is 34.1 Å². The summed E-state index contributed by atoms with van der Waals surface area (Å²) >= 11 is 0. The zero-order valence-electron chi connectivity index (χ0n) is 9.17. The van der Waals surface area contributed by atoms with E-state index in [4.69, 9.17) is 6.42 Å². The van der Waals surface area contributed by atoms with Gasteiger partial charge in [0.2, 0.25) is 0 Å². The van der Waals surface area contributed by atoms with E-state index in [1.54, 1.807) is 0 Å². The first-order valence-corrected chi connectivity index (χ1v) is 4.87. The summed E-state index contributed by atoms with van der Waals surface area (Å²) in [6.45, 7) is 10.1. The monoisotopic (exact) mass is 183 g/mol. The Hall–Kier alpha value is -0.520. The summed E-state index contributed by atoms with van der Waals surface area (Å²) in [7, 11) is 0. The fraction of sp³-hybridized carbons (Fsp3) is 0.818. The molecule has 0 aromatic heterocycles. The number of aliphatic hydroxyl groups excluding tert-OH is 1. The van der Waals surface area contributed by atoms with Crippen LogP contribution in [0.4, 0.5) is 0 Å². The number of hydrogen-bond donors (Lipinski definition) is 1. The SMILES string of the molecule is C#CCC(O)C(C)(C)N(CC)CC. The third-order valence-corrected chi connectivity index (χ3v) is 2.71. The molecule has 0 radical (unpaired) electrons. The van der Waals surface area contributed by atoms with Crippen molar-refractivity contribution in [3.05, 3.63) is 0 Å². The number of hydrogen-bond acceptors (Lipinski definition) is 2. The summed E-state index contributed by atoms with van der Waals surface area (Å²) in [5.41, 5.74) is -0.226. The minimum atomic E-state index is -0.447. The molecular weight excluding hydrogens is 162 g/mol. The molecule has 0 aliphatic carbocycles. The largest absolute Gasteiger partial charge is 0.390 e. The molecule has 0 spiro atoms. The topological polar surface area (TPSA) is 23.5 Å². The molecule has 76 valence electrons. The lowest BCUT2D eigenvalue weighted by atomic mass is 9.92. The maximum atomic E-state index is 9.83. The number of nitrogens with zero attached hydrogens (tertiary/aromatic N) is 1. The molecule has 0 aliphatic rings. The summed E-state index contributed by atoms with van der Waals surface area (Å²) in [5, 5.41) is 9.83. The highest BCUT2D eigenvalue weighted by molar-refractivity contribution is 4.96. The molecule has 0 aromatic rings. The first-order valence-electron chi connectivity index (χ1n) is 4.87. The average Bonchev–Trinajstić information content (AvgIpc) is 2.06. The van der Waals surface area contributed by atoms with Gasteiger partial charge in [-0.2, -0.15) is 0 Å². The number of rotatable bonds is 5. The fourth-order valence-corrected chi connectivity index (χ4v) is 1.61. The van der Waals surface area contributed by atoms with Gasteiger partial charge in [-0.05, 0) is 26.9 Å². The van der Waals surface area contributed by atoms with E-state index in [0.717, 1.165) is 13.1 Å². The van der Waals surface area contributed by atoms with Gasteiger partial charge >= 0.3 is 0 Å². The second-order valence-electron chi connectivity index (χ2n) is 3.75. The van der Waals surface area contributed by atoms with E-state index in [1.165, 1.54) is 0 Å². The Morgan fingerprint density at radius 2 is 1.85 bits per heavy atom. The smallest absolute Gasteiger partial charge is 0.0827 e. The minimum Gasteiger partial charge on any atom is -0.390 e. The van der Waals surface area contributed by atoms with E-state index in [2.05, 4.69) is 24.7 Å². The second kappa shape index (κ2) is 5.26. The Morgan fingerprint density at radius 1 is 1.38 bits per heavy atom. The lowest BCUT2D eigenvalue weighted by Gasteiger charge is -2.40. The number of likely N-dealkylation sites (N-methyl/N-ethyl adjacent to an activating group) is 1. The molecule has 0 rings (SSSR count). The van der Waals surface area contributed by atoms with E-state index in [1.807, 2.05) is 13.8 Å². The Kier molecular flexibility index (Phi) is 5.05. The van der Waals surface area contributed by atoms with Crippen molar-refractivity contribution in [3.63, 3.8) is 0 Å². The molecular formula is C11H21NO. The maximum absolute atomic E-state index is 9.83. The molecule has 0 bridgehead atoms. The van der Waals surface area contributed by atoms with Gasteiger partial charge in [-0.3, -0.25) is 4.90 Å². The van der Waals surface area contributed by atoms with Crippen molar-refractivity contribution in [1.82, 2.24) is 4.90 Å². The predicted octanol–water partition coefficient (Wildman–Crippen LogP) is 1.49. The third-order valence-electron chi connectivity index (χ3n) is 2.71. The highest BCUT2D eigenvalue weighted by Gasteiger charge is 2.31. The third kappa shape index (κ3) is 3.02. The van der Waals surface area contributed by atoms with E-state index in [0.29, 0.717) is 6.42 Å². The van der Waals surface area contributed by atoms with Crippen LogP contribution >= 0.6 is 0 Å². The molecule has 2 heteroatoms. The van der Waals surface area contributed by atoms with Gasteiger partial charge in [0.05, 0.1) is 6.10 Å². The van der Waals surface area contributed by atoms with Crippen molar-refractivity contribution in [3.8, 4) is 12.3 Å². The van der Waals surface area contributed by atoms with Gasteiger partial charge in [0, 0.05) is 12.0 Å². The maximum Gasteiger partial charge on any atom is 0.0827 e. The zero-order chi connectivity index (χ0) is 10.5. The van der Waals surface area contributed by atoms with Crippen LogP contribution in [0, 0.1) is 12.3 Å². The predicted molar refractivity (Wildman–Crippen MR) is 56.5 cm³/mol. The molecule has 0 aliphatic heterocycles. The summed E-state index contributed by atoms with van der Waals surface area (Å²) < 4.78 is 0. The lowest BCUT2D eigenvalue weighted by Crippen LogP contribution is -2.52. The molecule has 0 amide bonds. The summed E-state index contributed by atoms with van der Waals surface area (Å²) in [6, 6.07) is 0. The van der Waals surface area contributed by atoms with Crippen LogP contribution in [0.15, 0.2) is 0 Å². The molecule has 1 atom stereocenters. The molecule has 2 nitrogen and oxygen atoms in total. The van der Waals surface area contributed by atoms with Crippen LogP contribution in [0.2, 0.25) is 0 Å². The van der Waals surface area contributed by atoms with Crippen molar-refractivity contribution in [1.29, 1.82) is 0 Å². The number of aliphatic hydroxyl groups is 1. The first kappa shape index (κ1) is 12.5. The second-order valence-corrected chi connectivity index (χ2v) is 3.75. The Bertz CT molecular complexity index is 177. The van der Waals surface area contributed by atoms with Gasteiger partial charge < -0.3 is 5.11 Å². The highest BCUT2D eigenvalue weighted by Crippen LogP contribution is 2.20. The Balaban J connectivity index is 4.43. The zero-order valence-corrected chi connectivity index (χ0v) is 9.17. The van der Waals surface area contributed by atoms with Crippen LogP contribution in [0.5, 0.6) is 0 Å². The van der Waals surface area contributed by atoms with Crippen molar-refractivity contribution < 1.29 is 5.11 Å². The first-order chi connectivity index (χ1) is 6.00. The molecule has 0 fully saturated rings.